The Bertz CT molecular complexity index is 697. The van der Waals surface area contributed by atoms with Crippen LogP contribution in [-0.4, -0.2) is 60.4 Å². The van der Waals surface area contributed by atoms with Crippen molar-refractivity contribution in [1.82, 2.24) is 9.21 Å². The van der Waals surface area contributed by atoms with E-state index in [4.69, 9.17) is 9.47 Å². The number of likely N-dealkylation sites (tertiary alicyclic amines) is 1. The Morgan fingerprint density at radius 2 is 1.90 bits per heavy atom. The summed E-state index contributed by atoms with van der Waals surface area (Å²) in [7, 11) is 0. The third-order valence-corrected chi connectivity index (χ3v) is 6.74. The van der Waals surface area contributed by atoms with Crippen molar-refractivity contribution < 1.29 is 14.3 Å². The van der Waals surface area contributed by atoms with E-state index in [9.17, 15) is 4.79 Å². The smallest absolute Gasteiger partial charge is 0.410 e. The average molecular weight is 433 g/mol. The van der Waals surface area contributed by atoms with Gasteiger partial charge in [-0.05, 0) is 81.4 Å². The molecular weight excluding hydrogens is 396 g/mol. The number of amides is 1. The molecule has 3 rings (SSSR count). The molecule has 1 saturated heterocycles. The normalized spacial score (nSPS) is 18.4. The van der Waals surface area contributed by atoms with Crippen LogP contribution in [0.15, 0.2) is 30.3 Å². The lowest BCUT2D eigenvalue weighted by Gasteiger charge is -2.31. The molecule has 1 aromatic rings. The summed E-state index contributed by atoms with van der Waals surface area (Å²) < 4.78 is 13.6. The standard InChI is InChI=1S/C24H36N2O3S/c1-19(2)29-24(27)25-14-10-20(11-15-25)5-4-18-28-23-8-6-21(7-9-23)22-12-16-26(30-3)17-13-22/h6-9,12,19-20H,4-5,10-11,13-18H2,1-3H3. The predicted octanol–water partition coefficient (Wildman–Crippen LogP) is 5.47. The van der Waals surface area contributed by atoms with E-state index in [1.807, 2.05) is 30.7 Å². The van der Waals surface area contributed by atoms with Gasteiger partial charge in [0.1, 0.15) is 5.75 Å². The van der Waals surface area contributed by atoms with Crippen LogP contribution < -0.4 is 4.74 Å². The van der Waals surface area contributed by atoms with Gasteiger partial charge in [-0.1, -0.05) is 30.2 Å². The minimum absolute atomic E-state index is 0.0497. The van der Waals surface area contributed by atoms with Gasteiger partial charge < -0.3 is 14.4 Å². The van der Waals surface area contributed by atoms with Crippen molar-refractivity contribution >= 4 is 23.6 Å². The molecule has 0 spiro atoms. The summed E-state index contributed by atoms with van der Waals surface area (Å²) in [4.78, 5) is 13.8. The molecule has 2 aliphatic heterocycles. The summed E-state index contributed by atoms with van der Waals surface area (Å²) in [5.41, 5.74) is 2.75. The second-order valence-corrected chi connectivity index (χ2v) is 9.31. The quantitative estimate of drug-likeness (QED) is 0.402. The summed E-state index contributed by atoms with van der Waals surface area (Å²) >= 11 is 1.82. The third-order valence-electron chi connectivity index (χ3n) is 5.89. The minimum Gasteiger partial charge on any atom is -0.494 e. The van der Waals surface area contributed by atoms with Crippen molar-refractivity contribution in [2.24, 2.45) is 5.92 Å². The molecule has 0 radical (unpaired) electrons. The molecular formula is C24H36N2O3S. The molecule has 166 valence electrons. The predicted molar refractivity (Wildman–Crippen MR) is 125 cm³/mol. The molecule has 0 bridgehead atoms. The Hall–Kier alpha value is -1.66. The second-order valence-electron chi connectivity index (χ2n) is 8.43. The molecule has 0 aromatic heterocycles. The van der Waals surface area contributed by atoms with Crippen LogP contribution in [0.25, 0.3) is 5.57 Å². The summed E-state index contributed by atoms with van der Waals surface area (Å²) in [5.74, 6) is 1.63. The lowest BCUT2D eigenvalue weighted by molar-refractivity contribution is 0.0643. The second kappa shape index (κ2) is 11.7. The summed E-state index contributed by atoms with van der Waals surface area (Å²) in [6.07, 6.45) is 9.70. The molecule has 1 amide bonds. The van der Waals surface area contributed by atoms with Gasteiger partial charge in [0.15, 0.2) is 0 Å². The molecule has 2 aliphatic rings. The number of piperidine rings is 1. The minimum atomic E-state index is -0.166. The molecule has 0 N–H and O–H groups in total. The van der Waals surface area contributed by atoms with E-state index in [-0.39, 0.29) is 12.2 Å². The number of hydrogen-bond donors (Lipinski definition) is 0. The highest BCUT2D eigenvalue weighted by atomic mass is 32.2. The van der Waals surface area contributed by atoms with E-state index in [1.165, 1.54) is 11.1 Å². The fraction of sp³-hybridized carbons (Fsp3) is 0.625. The Labute approximate surface area is 185 Å². The van der Waals surface area contributed by atoms with Gasteiger partial charge >= 0.3 is 6.09 Å². The van der Waals surface area contributed by atoms with Crippen molar-refractivity contribution in [3.63, 3.8) is 0 Å². The maximum Gasteiger partial charge on any atom is 0.410 e. The number of nitrogens with zero attached hydrogens (tertiary/aromatic N) is 2. The molecule has 1 fully saturated rings. The highest BCUT2D eigenvalue weighted by Gasteiger charge is 2.24. The van der Waals surface area contributed by atoms with Crippen LogP contribution in [0.2, 0.25) is 0 Å². The fourth-order valence-corrected chi connectivity index (χ4v) is 4.58. The molecule has 5 nitrogen and oxygen atoms in total. The number of carbonyl (C=O) groups is 1. The van der Waals surface area contributed by atoms with E-state index < -0.39 is 0 Å². The lowest BCUT2D eigenvalue weighted by Crippen LogP contribution is -2.39. The number of hydrogen-bond acceptors (Lipinski definition) is 5. The first-order valence-electron chi connectivity index (χ1n) is 11.2. The van der Waals surface area contributed by atoms with Crippen molar-refractivity contribution in [3.05, 3.63) is 35.9 Å². The van der Waals surface area contributed by atoms with Crippen molar-refractivity contribution in [2.45, 2.75) is 52.1 Å². The Balaban J connectivity index is 1.33. The molecule has 1 aromatic carbocycles. The van der Waals surface area contributed by atoms with Gasteiger partial charge in [-0.25, -0.2) is 9.10 Å². The van der Waals surface area contributed by atoms with Gasteiger partial charge in [-0.2, -0.15) is 0 Å². The molecule has 0 saturated carbocycles. The monoisotopic (exact) mass is 432 g/mol. The molecule has 0 aliphatic carbocycles. The first-order chi connectivity index (χ1) is 14.5. The van der Waals surface area contributed by atoms with Crippen LogP contribution in [-0.2, 0) is 4.74 Å². The number of benzene rings is 1. The zero-order chi connectivity index (χ0) is 21.3. The van der Waals surface area contributed by atoms with E-state index in [0.29, 0.717) is 5.92 Å². The van der Waals surface area contributed by atoms with Gasteiger partial charge in [0.25, 0.3) is 0 Å². The zero-order valence-electron chi connectivity index (χ0n) is 18.6. The van der Waals surface area contributed by atoms with E-state index >= 15 is 0 Å². The number of carbonyl (C=O) groups excluding carboxylic acids is 1. The summed E-state index contributed by atoms with van der Waals surface area (Å²) in [5, 5.41) is 0. The average Bonchev–Trinajstić information content (AvgIpc) is 2.77. The van der Waals surface area contributed by atoms with E-state index in [0.717, 1.165) is 70.6 Å². The van der Waals surface area contributed by atoms with Crippen molar-refractivity contribution in [3.8, 4) is 5.75 Å². The number of ether oxygens (including phenoxy) is 2. The fourth-order valence-electron chi connectivity index (χ4n) is 4.09. The molecule has 6 heteroatoms. The van der Waals surface area contributed by atoms with Crippen LogP contribution in [0.1, 0.15) is 51.5 Å². The Kier molecular flexibility index (Phi) is 8.94. The molecule has 0 atom stereocenters. The van der Waals surface area contributed by atoms with Gasteiger partial charge in [0, 0.05) is 26.2 Å². The van der Waals surface area contributed by atoms with Crippen LogP contribution in [0.4, 0.5) is 4.79 Å². The summed E-state index contributed by atoms with van der Waals surface area (Å²) in [6.45, 7) is 8.29. The van der Waals surface area contributed by atoms with Crippen LogP contribution in [0, 0.1) is 5.92 Å². The van der Waals surface area contributed by atoms with Gasteiger partial charge in [-0.15, -0.1) is 0 Å². The highest BCUT2D eigenvalue weighted by molar-refractivity contribution is 7.96. The van der Waals surface area contributed by atoms with Crippen LogP contribution in [0.5, 0.6) is 5.75 Å². The largest absolute Gasteiger partial charge is 0.494 e. The highest BCUT2D eigenvalue weighted by Crippen LogP contribution is 2.27. The van der Waals surface area contributed by atoms with Gasteiger partial charge in [0.05, 0.1) is 12.7 Å². The molecule has 2 heterocycles. The maximum absolute atomic E-state index is 12.0. The number of rotatable bonds is 8. The molecule has 30 heavy (non-hydrogen) atoms. The lowest BCUT2D eigenvalue weighted by atomic mass is 9.92. The van der Waals surface area contributed by atoms with Gasteiger partial charge in [-0.3, -0.25) is 0 Å². The van der Waals surface area contributed by atoms with E-state index in [1.54, 1.807) is 0 Å². The Morgan fingerprint density at radius 3 is 2.50 bits per heavy atom. The van der Waals surface area contributed by atoms with Crippen LogP contribution >= 0.6 is 11.9 Å². The zero-order valence-corrected chi connectivity index (χ0v) is 19.5. The van der Waals surface area contributed by atoms with Crippen molar-refractivity contribution in [1.29, 1.82) is 0 Å². The molecule has 0 unspecified atom stereocenters. The summed E-state index contributed by atoms with van der Waals surface area (Å²) in [6, 6.07) is 8.55. The third kappa shape index (κ3) is 6.95. The maximum atomic E-state index is 12.0. The van der Waals surface area contributed by atoms with Gasteiger partial charge in [0.2, 0.25) is 0 Å². The Morgan fingerprint density at radius 1 is 1.17 bits per heavy atom. The first kappa shape index (κ1) is 23.0. The van der Waals surface area contributed by atoms with E-state index in [2.05, 4.69) is 40.9 Å². The first-order valence-corrected chi connectivity index (χ1v) is 12.4. The SMILES string of the molecule is CSN1CC=C(c2ccc(OCCCC3CCN(C(=O)OC(C)C)CC3)cc2)CC1. The van der Waals surface area contributed by atoms with Crippen molar-refractivity contribution in [2.75, 3.05) is 39.0 Å². The van der Waals surface area contributed by atoms with Crippen LogP contribution in [0.3, 0.4) is 0 Å². The topological polar surface area (TPSA) is 42.0 Å².